The Bertz CT molecular complexity index is 1020. The Balaban J connectivity index is 1.97. The molecular weight excluding hydrogens is 403 g/mol. The summed E-state index contributed by atoms with van der Waals surface area (Å²) in [6.07, 6.45) is 0.476. The molecule has 0 saturated heterocycles. The molecule has 4 nitrogen and oxygen atoms in total. The van der Waals surface area contributed by atoms with Crippen molar-refractivity contribution in [1.82, 2.24) is 10.2 Å². The average molecular weight is 433 g/mol. The van der Waals surface area contributed by atoms with Crippen LogP contribution < -0.4 is 5.32 Å². The molecule has 0 aromatic heterocycles. The predicted molar refractivity (Wildman–Crippen MR) is 124 cm³/mol. The first-order chi connectivity index (χ1) is 15.4. The highest BCUT2D eigenvalue weighted by Crippen LogP contribution is 2.18. The van der Waals surface area contributed by atoms with Crippen LogP contribution in [0.4, 0.5) is 4.39 Å². The van der Waals surface area contributed by atoms with E-state index in [2.05, 4.69) is 5.32 Å². The number of nitrogens with zero attached hydrogens (tertiary/aromatic N) is 1. The van der Waals surface area contributed by atoms with Gasteiger partial charge in [0.2, 0.25) is 11.8 Å². The van der Waals surface area contributed by atoms with E-state index in [0.29, 0.717) is 12.0 Å². The molecule has 0 spiro atoms. The van der Waals surface area contributed by atoms with Crippen molar-refractivity contribution in [3.05, 3.63) is 107 Å². The Morgan fingerprint density at radius 1 is 0.844 bits per heavy atom. The highest BCUT2D eigenvalue weighted by molar-refractivity contribution is 5.89. The third-order valence-electron chi connectivity index (χ3n) is 5.20. The summed E-state index contributed by atoms with van der Waals surface area (Å²) in [5, 5.41) is 2.94. The Labute approximate surface area is 189 Å². The average Bonchev–Trinajstić information content (AvgIpc) is 2.78. The SMILES string of the molecule is CC(C)NC(=O)[C@H](Cc1ccccc1)N(Cc1ccccc1F)C(=O)Cc1ccccc1. The topological polar surface area (TPSA) is 49.4 Å². The lowest BCUT2D eigenvalue weighted by Crippen LogP contribution is -2.52. The van der Waals surface area contributed by atoms with E-state index in [4.69, 9.17) is 0 Å². The Morgan fingerprint density at radius 3 is 2.00 bits per heavy atom. The van der Waals surface area contributed by atoms with E-state index in [1.165, 1.54) is 11.0 Å². The molecule has 0 saturated carbocycles. The lowest BCUT2D eigenvalue weighted by atomic mass is 10.0. The second kappa shape index (κ2) is 11.2. The largest absolute Gasteiger partial charge is 0.352 e. The van der Waals surface area contributed by atoms with Gasteiger partial charge in [-0.1, -0.05) is 78.9 Å². The first kappa shape index (κ1) is 23.2. The minimum absolute atomic E-state index is 0.0152. The van der Waals surface area contributed by atoms with E-state index in [1.807, 2.05) is 74.5 Å². The summed E-state index contributed by atoms with van der Waals surface area (Å²) in [6.45, 7) is 3.77. The maximum Gasteiger partial charge on any atom is 0.243 e. The maximum atomic E-state index is 14.5. The van der Waals surface area contributed by atoms with Crippen LogP contribution in [0.2, 0.25) is 0 Å². The van der Waals surface area contributed by atoms with Crippen molar-refractivity contribution in [1.29, 1.82) is 0 Å². The van der Waals surface area contributed by atoms with E-state index in [9.17, 15) is 14.0 Å². The molecule has 0 aliphatic rings. The lowest BCUT2D eigenvalue weighted by Gasteiger charge is -2.32. The van der Waals surface area contributed by atoms with Crippen LogP contribution in [0.5, 0.6) is 0 Å². The van der Waals surface area contributed by atoms with E-state index in [-0.39, 0.29) is 30.8 Å². The summed E-state index contributed by atoms with van der Waals surface area (Å²) in [5.41, 5.74) is 2.16. The van der Waals surface area contributed by atoms with Crippen LogP contribution in [0.25, 0.3) is 0 Å². The van der Waals surface area contributed by atoms with Gasteiger partial charge in [-0.25, -0.2) is 4.39 Å². The second-order valence-corrected chi connectivity index (χ2v) is 8.14. The summed E-state index contributed by atoms with van der Waals surface area (Å²) >= 11 is 0. The molecule has 0 heterocycles. The third kappa shape index (κ3) is 6.51. The fourth-order valence-electron chi connectivity index (χ4n) is 3.62. The van der Waals surface area contributed by atoms with Gasteiger partial charge in [0.25, 0.3) is 0 Å². The van der Waals surface area contributed by atoms with Gasteiger partial charge in [0.15, 0.2) is 0 Å². The standard InChI is InChI=1S/C27H29FN2O2/c1-20(2)29-27(32)25(17-21-11-5-3-6-12-21)30(19-23-15-9-10-16-24(23)28)26(31)18-22-13-7-4-8-14-22/h3-16,20,25H,17-19H2,1-2H3,(H,29,32)/t25-/m0/s1. The second-order valence-electron chi connectivity index (χ2n) is 8.14. The molecule has 5 heteroatoms. The summed E-state index contributed by atoms with van der Waals surface area (Å²) in [6, 6.07) is 24.5. The number of rotatable bonds is 9. The van der Waals surface area contributed by atoms with Gasteiger partial charge in [0, 0.05) is 24.6 Å². The van der Waals surface area contributed by atoms with Crippen LogP contribution in [0.3, 0.4) is 0 Å². The monoisotopic (exact) mass is 432 g/mol. The van der Waals surface area contributed by atoms with Crippen LogP contribution in [-0.2, 0) is 29.0 Å². The van der Waals surface area contributed by atoms with Crippen LogP contribution >= 0.6 is 0 Å². The first-order valence-corrected chi connectivity index (χ1v) is 10.8. The van der Waals surface area contributed by atoms with Gasteiger partial charge in [-0.05, 0) is 31.0 Å². The summed E-state index contributed by atoms with van der Waals surface area (Å²) in [7, 11) is 0. The first-order valence-electron chi connectivity index (χ1n) is 10.8. The number of carbonyl (C=O) groups excluding carboxylic acids is 2. The van der Waals surface area contributed by atoms with Crippen molar-refractivity contribution < 1.29 is 14.0 Å². The normalized spacial score (nSPS) is 11.8. The smallest absolute Gasteiger partial charge is 0.243 e. The summed E-state index contributed by atoms with van der Waals surface area (Å²) < 4.78 is 14.5. The molecule has 0 radical (unpaired) electrons. The Hall–Kier alpha value is -3.47. The van der Waals surface area contributed by atoms with Crippen molar-refractivity contribution in [2.45, 2.75) is 45.3 Å². The van der Waals surface area contributed by atoms with Crippen molar-refractivity contribution in [3.63, 3.8) is 0 Å². The molecule has 3 aromatic rings. The minimum atomic E-state index is -0.768. The van der Waals surface area contributed by atoms with E-state index in [0.717, 1.165) is 11.1 Å². The quantitative estimate of drug-likeness (QED) is 0.540. The molecule has 0 aliphatic heterocycles. The summed E-state index contributed by atoms with van der Waals surface area (Å²) in [5.74, 6) is -0.867. The van der Waals surface area contributed by atoms with E-state index in [1.54, 1.807) is 18.2 Å². The minimum Gasteiger partial charge on any atom is -0.352 e. The zero-order valence-corrected chi connectivity index (χ0v) is 18.5. The van der Waals surface area contributed by atoms with Gasteiger partial charge in [-0.3, -0.25) is 9.59 Å². The van der Waals surface area contributed by atoms with E-state index < -0.39 is 11.9 Å². The van der Waals surface area contributed by atoms with Gasteiger partial charge < -0.3 is 10.2 Å². The highest BCUT2D eigenvalue weighted by Gasteiger charge is 2.31. The number of hydrogen-bond donors (Lipinski definition) is 1. The fourth-order valence-corrected chi connectivity index (χ4v) is 3.62. The van der Waals surface area contributed by atoms with Crippen LogP contribution in [0.1, 0.15) is 30.5 Å². The Morgan fingerprint density at radius 2 is 1.41 bits per heavy atom. The molecule has 3 rings (SSSR count). The number of carbonyl (C=O) groups is 2. The van der Waals surface area contributed by atoms with Crippen molar-refractivity contribution in [2.24, 2.45) is 0 Å². The van der Waals surface area contributed by atoms with Crippen molar-refractivity contribution in [2.75, 3.05) is 0 Å². The number of benzene rings is 3. The maximum absolute atomic E-state index is 14.5. The molecule has 1 atom stereocenters. The zero-order valence-electron chi connectivity index (χ0n) is 18.5. The molecule has 166 valence electrons. The van der Waals surface area contributed by atoms with Crippen molar-refractivity contribution in [3.8, 4) is 0 Å². The van der Waals surface area contributed by atoms with Crippen LogP contribution in [0.15, 0.2) is 84.9 Å². The van der Waals surface area contributed by atoms with Crippen molar-refractivity contribution >= 4 is 11.8 Å². The fraction of sp³-hybridized carbons (Fsp3) is 0.259. The number of halogens is 1. The molecule has 32 heavy (non-hydrogen) atoms. The molecule has 0 aliphatic carbocycles. The van der Waals surface area contributed by atoms with Gasteiger partial charge in [0.05, 0.1) is 6.42 Å². The molecular formula is C27H29FN2O2. The highest BCUT2D eigenvalue weighted by atomic mass is 19.1. The van der Waals surface area contributed by atoms with Crippen LogP contribution in [0, 0.1) is 5.82 Å². The molecule has 0 bridgehead atoms. The molecule has 2 amide bonds. The number of hydrogen-bond acceptors (Lipinski definition) is 2. The van der Waals surface area contributed by atoms with E-state index >= 15 is 0 Å². The number of amides is 2. The zero-order chi connectivity index (χ0) is 22.9. The molecule has 0 unspecified atom stereocenters. The van der Waals surface area contributed by atoms with Gasteiger partial charge in [-0.2, -0.15) is 0 Å². The van der Waals surface area contributed by atoms with Crippen LogP contribution in [-0.4, -0.2) is 28.8 Å². The third-order valence-corrected chi connectivity index (χ3v) is 5.20. The van der Waals surface area contributed by atoms with Gasteiger partial charge in [0.1, 0.15) is 11.9 Å². The summed E-state index contributed by atoms with van der Waals surface area (Å²) in [4.78, 5) is 28.2. The Kier molecular flexibility index (Phi) is 8.14. The predicted octanol–water partition coefficient (Wildman–Crippen LogP) is 4.53. The van der Waals surface area contributed by atoms with Gasteiger partial charge >= 0.3 is 0 Å². The lowest BCUT2D eigenvalue weighted by molar-refractivity contribution is -0.141. The molecule has 3 aromatic carbocycles. The molecule has 0 fully saturated rings. The molecule has 1 N–H and O–H groups in total. The van der Waals surface area contributed by atoms with Gasteiger partial charge in [-0.15, -0.1) is 0 Å². The number of nitrogens with one attached hydrogen (secondary N) is 1.